The van der Waals surface area contributed by atoms with Gasteiger partial charge in [-0.2, -0.15) is 0 Å². The summed E-state index contributed by atoms with van der Waals surface area (Å²) in [5, 5.41) is 3.43. The number of hydrogen-bond acceptors (Lipinski definition) is 3. The molecule has 146 valence electrons. The number of H-pyrrole nitrogens is 1. The quantitative estimate of drug-likeness (QED) is 0.443. The van der Waals surface area contributed by atoms with Gasteiger partial charge in [-0.3, -0.25) is 9.55 Å². The van der Waals surface area contributed by atoms with Crippen LogP contribution in [0.5, 0.6) is 0 Å². The summed E-state index contributed by atoms with van der Waals surface area (Å²) in [6.45, 7) is 0.733. The molecule has 0 aliphatic heterocycles. The predicted octanol–water partition coefficient (Wildman–Crippen LogP) is 4.99. The Morgan fingerprint density at radius 1 is 0.833 bits per heavy atom. The average Bonchev–Trinajstić information content (AvgIpc) is 3.14. The van der Waals surface area contributed by atoms with Crippen molar-refractivity contribution in [2.75, 3.05) is 5.32 Å². The highest BCUT2D eigenvalue weighted by Gasteiger charge is 2.10. The van der Waals surface area contributed by atoms with Gasteiger partial charge in [0.05, 0.1) is 22.4 Å². The van der Waals surface area contributed by atoms with Gasteiger partial charge in [0.15, 0.2) is 0 Å². The summed E-state index contributed by atoms with van der Waals surface area (Å²) < 4.78 is 1.70. The fourth-order valence-corrected chi connectivity index (χ4v) is 3.61. The van der Waals surface area contributed by atoms with E-state index >= 15 is 0 Å². The fraction of sp³-hybridized carbons (Fsp3) is 0.0400. The highest BCUT2D eigenvalue weighted by atomic mass is 16.1. The van der Waals surface area contributed by atoms with Gasteiger partial charge in [0.2, 0.25) is 0 Å². The first-order chi connectivity index (χ1) is 14.8. The lowest BCUT2D eigenvalue weighted by molar-refractivity contribution is 1.02. The van der Waals surface area contributed by atoms with Gasteiger partial charge >= 0.3 is 5.69 Å². The van der Waals surface area contributed by atoms with Crippen LogP contribution in [0.4, 0.5) is 5.69 Å². The Morgan fingerprint density at radius 2 is 1.60 bits per heavy atom. The van der Waals surface area contributed by atoms with Crippen LogP contribution >= 0.6 is 0 Å². The summed E-state index contributed by atoms with van der Waals surface area (Å²) >= 11 is 0. The maximum Gasteiger partial charge on any atom is 0.331 e. The molecule has 0 atom stereocenters. The number of pyridine rings is 1. The first-order valence-electron chi connectivity index (χ1n) is 9.81. The van der Waals surface area contributed by atoms with Gasteiger partial charge in [0.1, 0.15) is 0 Å². The van der Waals surface area contributed by atoms with Crippen molar-refractivity contribution in [3.05, 3.63) is 113 Å². The minimum Gasteiger partial charge on any atom is -0.380 e. The molecular formula is C25H20N4O. The second-order valence-corrected chi connectivity index (χ2v) is 7.13. The number of benzene rings is 3. The molecule has 0 unspecified atom stereocenters. The molecule has 0 saturated carbocycles. The van der Waals surface area contributed by atoms with Crippen molar-refractivity contribution in [3.8, 4) is 16.8 Å². The van der Waals surface area contributed by atoms with Crippen molar-refractivity contribution in [1.82, 2.24) is 14.5 Å². The van der Waals surface area contributed by atoms with E-state index in [9.17, 15) is 4.79 Å². The molecule has 30 heavy (non-hydrogen) atoms. The van der Waals surface area contributed by atoms with Crippen molar-refractivity contribution in [2.24, 2.45) is 0 Å². The molecular weight excluding hydrogens is 372 g/mol. The van der Waals surface area contributed by atoms with E-state index in [-0.39, 0.29) is 5.69 Å². The lowest BCUT2D eigenvalue weighted by Gasteiger charge is -2.09. The van der Waals surface area contributed by atoms with Gasteiger partial charge in [0.25, 0.3) is 0 Å². The normalized spacial score (nSPS) is 10.9. The van der Waals surface area contributed by atoms with E-state index in [1.165, 1.54) is 5.56 Å². The minimum atomic E-state index is -0.148. The molecule has 5 nitrogen and oxygen atoms in total. The molecule has 0 spiro atoms. The number of anilines is 1. The zero-order valence-corrected chi connectivity index (χ0v) is 16.2. The highest BCUT2D eigenvalue weighted by Crippen LogP contribution is 2.26. The van der Waals surface area contributed by atoms with Crippen LogP contribution in [0, 0.1) is 0 Å². The molecule has 2 heterocycles. The van der Waals surface area contributed by atoms with Crippen molar-refractivity contribution in [2.45, 2.75) is 6.54 Å². The lowest BCUT2D eigenvalue weighted by Crippen LogP contribution is -2.14. The first kappa shape index (κ1) is 17.9. The Hall–Kier alpha value is -4.12. The van der Waals surface area contributed by atoms with Crippen LogP contribution in [0.2, 0.25) is 0 Å². The van der Waals surface area contributed by atoms with E-state index in [0.29, 0.717) is 0 Å². The first-order valence-corrected chi connectivity index (χ1v) is 9.81. The van der Waals surface area contributed by atoms with E-state index in [1.807, 2.05) is 79.1 Å². The maximum atomic E-state index is 12.5. The van der Waals surface area contributed by atoms with Crippen LogP contribution in [-0.2, 0) is 6.54 Å². The fourth-order valence-electron chi connectivity index (χ4n) is 3.61. The van der Waals surface area contributed by atoms with Crippen LogP contribution in [0.3, 0.4) is 0 Å². The van der Waals surface area contributed by atoms with Gasteiger partial charge in [-0.15, -0.1) is 0 Å². The zero-order chi connectivity index (χ0) is 20.3. The molecule has 0 fully saturated rings. The third-order valence-corrected chi connectivity index (χ3v) is 5.11. The van der Waals surface area contributed by atoms with Crippen molar-refractivity contribution in [3.63, 3.8) is 0 Å². The lowest BCUT2D eigenvalue weighted by atomic mass is 10.1. The molecule has 3 aromatic carbocycles. The standard InChI is InChI=1S/C25H20N4O/c30-25-28-23-12-11-19(14-24(23)29(25)22-9-5-2-6-10-22)20-13-21(17-26-16-20)27-15-18-7-3-1-4-8-18/h1-14,16-17,27H,15H2,(H,28,30). The van der Waals surface area contributed by atoms with E-state index in [4.69, 9.17) is 0 Å². The Bertz CT molecular complexity index is 1350. The summed E-state index contributed by atoms with van der Waals surface area (Å²) in [5.74, 6) is 0. The second kappa shape index (κ2) is 7.72. The monoisotopic (exact) mass is 392 g/mol. The van der Waals surface area contributed by atoms with E-state index in [1.54, 1.807) is 4.57 Å². The van der Waals surface area contributed by atoms with Gasteiger partial charge in [-0.05, 0) is 41.5 Å². The smallest absolute Gasteiger partial charge is 0.331 e. The number of aromatic nitrogens is 3. The Balaban J connectivity index is 1.50. The van der Waals surface area contributed by atoms with Crippen LogP contribution in [0.25, 0.3) is 27.8 Å². The molecule has 0 amide bonds. The van der Waals surface area contributed by atoms with Crippen LogP contribution < -0.4 is 11.0 Å². The molecule has 5 rings (SSSR count). The summed E-state index contributed by atoms with van der Waals surface area (Å²) in [4.78, 5) is 19.9. The van der Waals surface area contributed by atoms with Crippen LogP contribution in [0.15, 0.2) is 102 Å². The molecule has 0 radical (unpaired) electrons. The number of aromatic amines is 1. The third-order valence-electron chi connectivity index (χ3n) is 5.11. The number of para-hydroxylation sites is 1. The maximum absolute atomic E-state index is 12.5. The Kier molecular flexibility index (Phi) is 4.62. The van der Waals surface area contributed by atoms with Gasteiger partial charge in [-0.1, -0.05) is 54.6 Å². The van der Waals surface area contributed by atoms with Gasteiger partial charge in [0, 0.05) is 24.5 Å². The number of fused-ring (bicyclic) bond motifs is 1. The Labute approximate surface area is 173 Å². The zero-order valence-electron chi connectivity index (χ0n) is 16.2. The number of nitrogens with zero attached hydrogens (tertiary/aromatic N) is 2. The molecule has 0 saturated heterocycles. The Morgan fingerprint density at radius 3 is 2.40 bits per heavy atom. The van der Waals surface area contributed by atoms with E-state index in [0.717, 1.165) is 40.1 Å². The molecule has 0 aliphatic rings. The minimum absolute atomic E-state index is 0.148. The molecule has 2 aromatic heterocycles. The highest BCUT2D eigenvalue weighted by molar-refractivity contribution is 5.84. The summed E-state index contributed by atoms with van der Waals surface area (Å²) in [6.07, 6.45) is 3.66. The summed E-state index contributed by atoms with van der Waals surface area (Å²) in [7, 11) is 0. The summed E-state index contributed by atoms with van der Waals surface area (Å²) in [6, 6.07) is 28.0. The third kappa shape index (κ3) is 3.49. The molecule has 2 N–H and O–H groups in total. The van der Waals surface area contributed by atoms with Crippen LogP contribution in [0.1, 0.15) is 5.56 Å². The van der Waals surface area contributed by atoms with Gasteiger partial charge < -0.3 is 10.3 Å². The topological polar surface area (TPSA) is 62.7 Å². The molecule has 0 bridgehead atoms. The van der Waals surface area contributed by atoms with Crippen LogP contribution in [-0.4, -0.2) is 14.5 Å². The molecule has 0 aliphatic carbocycles. The number of hydrogen-bond donors (Lipinski definition) is 2. The number of imidazole rings is 1. The largest absolute Gasteiger partial charge is 0.380 e. The van der Waals surface area contributed by atoms with Crippen molar-refractivity contribution >= 4 is 16.7 Å². The number of rotatable bonds is 5. The molecule has 5 heteroatoms. The van der Waals surface area contributed by atoms with E-state index < -0.39 is 0 Å². The van der Waals surface area contributed by atoms with Crippen molar-refractivity contribution in [1.29, 1.82) is 0 Å². The average molecular weight is 392 g/mol. The second-order valence-electron chi connectivity index (χ2n) is 7.13. The predicted molar refractivity (Wildman–Crippen MR) is 121 cm³/mol. The van der Waals surface area contributed by atoms with E-state index in [2.05, 4.69) is 33.5 Å². The number of nitrogens with one attached hydrogen (secondary N) is 2. The molecule has 5 aromatic rings. The summed E-state index contributed by atoms with van der Waals surface area (Å²) in [5.41, 5.74) is 6.48. The van der Waals surface area contributed by atoms with Crippen molar-refractivity contribution < 1.29 is 0 Å². The SMILES string of the molecule is O=c1[nH]c2ccc(-c3cncc(NCc4ccccc4)c3)cc2n1-c1ccccc1. The van der Waals surface area contributed by atoms with Gasteiger partial charge in [-0.25, -0.2) is 4.79 Å².